The van der Waals surface area contributed by atoms with Crippen LogP contribution in [0.5, 0.6) is 0 Å². The number of nitrogens with one attached hydrogen (secondary N) is 1. The van der Waals surface area contributed by atoms with Crippen LogP contribution < -0.4 is 4.90 Å². The van der Waals surface area contributed by atoms with E-state index in [9.17, 15) is 4.79 Å². The molecule has 0 atom stereocenters. The van der Waals surface area contributed by atoms with Crippen molar-refractivity contribution >= 4 is 28.1 Å². The molecule has 3 saturated heterocycles. The van der Waals surface area contributed by atoms with Crippen LogP contribution in [0.1, 0.15) is 92.5 Å². The molecule has 0 amide bonds. The molecule has 4 aliphatic rings. The number of piperidine rings is 1. The number of carbonyl (C=O) groups excluding carboxylic acids is 1. The topological polar surface area (TPSA) is 53.4 Å². The predicted molar refractivity (Wildman–Crippen MR) is 202 cm³/mol. The van der Waals surface area contributed by atoms with E-state index in [0.29, 0.717) is 11.7 Å². The van der Waals surface area contributed by atoms with Crippen LogP contribution in [-0.2, 0) is 11.8 Å². The number of piperazine rings is 2. The summed E-state index contributed by atoms with van der Waals surface area (Å²) in [5.74, 6) is 0.103. The lowest BCUT2D eigenvalue weighted by atomic mass is 9.70. The van der Waals surface area contributed by atoms with Gasteiger partial charge in [0, 0.05) is 105 Å². The number of ketones is 1. The maximum Gasteiger partial charge on any atom is 0.195 e. The summed E-state index contributed by atoms with van der Waals surface area (Å²) in [6.45, 7) is 32.1. The molecular formula is C41H57N7O. The fourth-order valence-electron chi connectivity index (χ4n) is 9.10. The number of fused-ring (bicyclic) bond motifs is 4. The highest BCUT2D eigenvalue weighted by molar-refractivity contribution is 6.20. The molecule has 2 aromatic carbocycles. The van der Waals surface area contributed by atoms with Gasteiger partial charge in [0.25, 0.3) is 0 Å². The van der Waals surface area contributed by atoms with Crippen LogP contribution in [0.15, 0.2) is 30.3 Å². The van der Waals surface area contributed by atoms with E-state index in [-0.39, 0.29) is 11.2 Å². The number of anilines is 1. The number of aromatic amines is 1. The van der Waals surface area contributed by atoms with E-state index < -0.39 is 0 Å². The summed E-state index contributed by atoms with van der Waals surface area (Å²) in [6.07, 6.45) is 7.23. The van der Waals surface area contributed by atoms with Gasteiger partial charge in [-0.3, -0.25) is 9.69 Å². The average Bonchev–Trinajstić information content (AvgIpc) is 3.54. The third kappa shape index (κ3) is 6.80. The zero-order valence-electron chi connectivity index (χ0n) is 30.5. The molecule has 49 heavy (non-hydrogen) atoms. The highest BCUT2D eigenvalue weighted by Gasteiger charge is 2.41. The van der Waals surface area contributed by atoms with Crippen molar-refractivity contribution in [1.29, 1.82) is 0 Å². The standard InChI is InChI=1S/C41H57N7O/c1-6-8-14-44-19-21-45(22-20-44)15-9-16-46-23-25-47(26-24-46)32-12-17-48(18-13-32)37-29-35-34(27-30(37)7-2)39(49)38-33-11-10-31(42-5)28-36(33)43-40(38)41(35,3)4/h10-11,27-29,32,43H,6-9,12-26H2,1-4H3. The first-order chi connectivity index (χ1) is 23.8. The Balaban J connectivity index is 0.940. The molecule has 3 aliphatic heterocycles. The quantitative estimate of drug-likeness (QED) is 0.249. The summed E-state index contributed by atoms with van der Waals surface area (Å²) < 4.78 is 0. The molecule has 262 valence electrons. The van der Waals surface area contributed by atoms with Gasteiger partial charge in [-0.05, 0) is 81.1 Å². The summed E-state index contributed by atoms with van der Waals surface area (Å²) in [4.78, 5) is 34.7. The molecule has 8 nitrogen and oxygen atoms in total. The lowest BCUT2D eigenvalue weighted by molar-refractivity contribution is 0.0790. The van der Waals surface area contributed by atoms with Gasteiger partial charge >= 0.3 is 0 Å². The highest BCUT2D eigenvalue weighted by atomic mass is 16.1. The molecule has 0 saturated carbocycles. The van der Waals surface area contributed by atoms with Crippen LogP contribution in [0.3, 0.4) is 0 Å². The first-order valence-corrected chi connectivity index (χ1v) is 19.2. The maximum absolute atomic E-state index is 14.1. The molecule has 4 heterocycles. The number of benzene rings is 2. The summed E-state index contributed by atoms with van der Waals surface area (Å²) in [7, 11) is 0. The molecule has 1 aliphatic carbocycles. The Kier molecular flexibility index (Phi) is 10.2. The maximum atomic E-state index is 14.1. The number of aromatic nitrogens is 1. The van der Waals surface area contributed by atoms with E-state index in [2.05, 4.69) is 74.2 Å². The fraction of sp³-hybridized carbons (Fsp3) is 0.610. The Morgan fingerprint density at radius 2 is 1.47 bits per heavy atom. The second kappa shape index (κ2) is 14.6. The van der Waals surface area contributed by atoms with E-state index >= 15 is 0 Å². The zero-order chi connectivity index (χ0) is 34.1. The molecule has 3 fully saturated rings. The van der Waals surface area contributed by atoms with Crippen molar-refractivity contribution in [2.24, 2.45) is 0 Å². The third-order valence-corrected chi connectivity index (χ3v) is 12.3. The number of nitrogens with zero attached hydrogens (tertiary/aromatic N) is 6. The van der Waals surface area contributed by atoms with E-state index in [4.69, 9.17) is 6.57 Å². The molecule has 8 heteroatoms. The van der Waals surface area contributed by atoms with Gasteiger partial charge in [-0.1, -0.05) is 46.2 Å². The minimum absolute atomic E-state index is 0.103. The van der Waals surface area contributed by atoms with Gasteiger partial charge in [-0.2, -0.15) is 0 Å². The van der Waals surface area contributed by atoms with Crippen LogP contribution in [0.4, 0.5) is 11.4 Å². The molecule has 0 unspecified atom stereocenters. The summed E-state index contributed by atoms with van der Waals surface area (Å²) in [6, 6.07) is 10.8. The van der Waals surface area contributed by atoms with Crippen molar-refractivity contribution in [3.63, 3.8) is 0 Å². The normalized spacial score (nSPS) is 21.2. The SMILES string of the molecule is [C-]#[N+]c1ccc2c3c([nH]c2c1)C(C)(C)c1cc(N2CCC(N4CCN(CCCN5CCN(CCCC)CC5)CC4)CC2)c(CC)cc1C3=O. The Labute approximate surface area is 294 Å². The number of hydrogen-bond donors (Lipinski definition) is 1. The number of H-pyrrole nitrogens is 1. The van der Waals surface area contributed by atoms with Crippen LogP contribution in [0, 0.1) is 6.57 Å². The largest absolute Gasteiger partial charge is 0.371 e. The van der Waals surface area contributed by atoms with Gasteiger partial charge in [0.1, 0.15) is 0 Å². The molecule has 0 spiro atoms. The third-order valence-electron chi connectivity index (χ3n) is 12.3. The van der Waals surface area contributed by atoms with Gasteiger partial charge in [0.05, 0.1) is 12.1 Å². The van der Waals surface area contributed by atoms with Crippen LogP contribution >= 0.6 is 0 Å². The Morgan fingerprint density at radius 3 is 2.08 bits per heavy atom. The summed E-state index contributed by atoms with van der Waals surface area (Å²) >= 11 is 0. The molecular weight excluding hydrogens is 606 g/mol. The monoisotopic (exact) mass is 663 g/mol. The van der Waals surface area contributed by atoms with Crippen LogP contribution in [0.25, 0.3) is 15.7 Å². The molecule has 0 radical (unpaired) electrons. The lowest BCUT2D eigenvalue weighted by Crippen LogP contribution is -2.53. The van der Waals surface area contributed by atoms with E-state index in [0.717, 1.165) is 52.8 Å². The highest BCUT2D eigenvalue weighted by Crippen LogP contribution is 2.46. The van der Waals surface area contributed by atoms with Crippen LogP contribution in [-0.4, -0.2) is 121 Å². The van der Waals surface area contributed by atoms with Gasteiger partial charge < -0.3 is 24.6 Å². The van der Waals surface area contributed by atoms with Crippen molar-refractivity contribution in [2.45, 2.75) is 77.7 Å². The molecule has 1 N–H and O–H groups in total. The van der Waals surface area contributed by atoms with Crippen molar-refractivity contribution in [2.75, 3.05) is 90.0 Å². The minimum atomic E-state index is -0.349. The van der Waals surface area contributed by atoms with E-state index in [1.165, 1.54) is 115 Å². The van der Waals surface area contributed by atoms with Gasteiger partial charge in [0.15, 0.2) is 11.5 Å². The Bertz CT molecular complexity index is 1680. The van der Waals surface area contributed by atoms with Crippen molar-refractivity contribution in [3.05, 3.63) is 69.7 Å². The van der Waals surface area contributed by atoms with Crippen LogP contribution in [0.2, 0.25) is 0 Å². The zero-order valence-corrected chi connectivity index (χ0v) is 30.5. The molecule has 0 bridgehead atoms. The second-order valence-corrected chi connectivity index (χ2v) is 15.5. The second-order valence-electron chi connectivity index (χ2n) is 15.5. The Hall–Kier alpha value is -3.22. The summed E-state index contributed by atoms with van der Waals surface area (Å²) in [5.41, 5.74) is 7.39. The Morgan fingerprint density at radius 1 is 0.837 bits per heavy atom. The van der Waals surface area contributed by atoms with Crippen molar-refractivity contribution in [3.8, 4) is 0 Å². The number of hydrogen-bond acceptors (Lipinski definition) is 6. The first kappa shape index (κ1) is 34.2. The predicted octanol–water partition coefficient (Wildman–Crippen LogP) is 6.55. The van der Waals surface area contributed by atoms with E-state index in [1.807, 2.05) is 18.2 Å². The van der Waals surface area contributed by atoms with Gasteiger partial charge in [-0.25, -0.2) is 4.85 Å². The van der Waals surface area contributed by atoms with E-state index in [1.54, 1.807) is 0 Å². The number of aryl methyl sites for hydroxylation is 1. The number of carbonyl (C=O) groups is 1. The molecule has 7 rings (SSSR count). The van der Waals surface area contributed by atoms with Gasteiger partial charge in [0.2, 0.25) is 0 Å². The van der Waals surface area contributed by atoms with Crippen molar-refractivity contribution < 1.29 is 4.79 Å². The fourth-order valence-corrected chi connectivity index (χ4v) is 9.10. The number of rotatable bonds is 10. The minimum Gasteiger partial charge on any atom is -0.371 e. The smallest absolute Gasteiger partial charge is 0.195 e. The number of unbranched alkanes of at least 4 members (excludes halogenated alkanes) is 1. The van der Waals surface area contributed by atoms with Gasteiger partial charge in [-0.15, -0.1) is 0 Å². The average molecular weight is 664 g/mol. The summed E-state index contributed by atoms with van der Waals surface area (Å²) in [5, 5.41) is 0.919. The first-order valence-electron chi connectivity index (χ1n) is 19.2. The molecule has 3 aromatic rings. The van der Waals surface area contributed by atoms with Crippen molar-refractivity contribution in [1.82, 2.24) is 24.6 Å². The molecule has 1 aromatic heterocycles. The lowest BCUT2D eigenvalue weighted by Gasteiger charge is -2.44.